The van der Waals surface area contributed by atoms with Crippen LogP contribution in [0.5, 0.6) is 5.75 Å². The Morgan fingerprint density at radius 1 is 1.19 bits per heavy atom. The van der Waals surface area contributed by atoms with Crippen LogP contribution in [0.4, 0.5) is 19.4 Å². The highest BCUT2D eigenvalue weighted by Gasteiger charge is 2.65. The van der Waals surface area contributed by atoms with Crippen LogP contribution < -0.4 is 9.84 Å². The minimum Gasteiger partial charge on any atom is -0.469 e. The summed E-state index contributed by atoms with van der Waals surface area (Å²) in [5, 5.41) is 2.41. The van der Waals surface area contributed by atoms with E-state index >= 15 is 0 Å². The Labute approximate surface area is 174 Å². The van der Waals surface area contributed by atoms with E-state index < -0.39 is 52.1 Å². The molecule has 31 heavy (non-hydrogen) atoms. The van der Waals surface area contributed by atoms with Crippen molar-refractivity contribution in [1.82, 2.24) is 5.32 Å². The zero-order valence-electron chi connectivity index (χ0n) is 16.6. The molecule has 1 N–H and O–H groups in total. The molecular weight excluding hydrogens is 476 g/mol. The number of hydrogen-bond acceptors (Lipinski definition) is 7. The van der Waals surface area contributed by atoms with E-state index in [0.29, 0.717) is 12.1 Å². The van der Waals surface area contributed by atoms with Gasteiger partial charge in [0, 0.05) is 12.0 Å². The molecule has 1 saturated heterocycles. The van der Waals surface area contributed by atoms with Gasteiger partial charge in [-0.05, 0) is 24.3 Å². The molecule has 2 rings (SSSR count). The van der Waals surface area contributed by atoms with Gasteiger partial charge >= 0.3 is 24.0 Å². The van der Waals surface area contributed by atoms with Crippen LogP contribution in [-0.4, -0.2) is 38.2 Å². The van der Waals surface area contributed by atoms with Crippen molar-refractivity contribution in [2.45, 2.75) is 31.3 Å². The predicted molar refractivity (Wildman–Crippen MR) is 100 cm³/mol. The molecule has 178 valence electrons. The van der Waals surface area contributed by atoms with Crippen molar-refractivity contribution in [3.05, 3.63) is 24.3 Å². The van der Waals surface area contributed by atoms with Gasteiger partial charge in [0.15, 0.2) is 6.10 Å². The summed E-state index contributed by atoms with van der Waals surface area (Å²) in [6.07, 6.45) is -1.49. The van der Waals surface area contributed by atoms with Gasteiger partial charge in [0.05, 0.1) is 20.1 Å². The van der Waals surface area contributed by atoms with Crippen molar-refractivity contribution >= 4 is 29.9 Å². The molecule has 2 atom stereocenters. The van der Waals surface area contributed by atoms with Crippen molar-refractivity contribution in [2.24, 2.45) is 5.41 Å². The van der Waals surface area contributed by atoms with E-state index in [0.717, 1.165) is 0 Å². The Hall–Kier alpha value is -1.89. The lowest BCUT2D eigenvalue weighted by atomic mass is 9.87. The van der Waals surface area contributed by atoms with Gasteiger partial charge in [-0.1, -0.05) is 33.3 Å². The number of ether oxygens (including phenoxy) is 1. The summed E-state index contributed by atoms with van der Waals surface area (Å²) in [5.41, 5.74) is -0.987. The van der Waals surface area contributed by atoms with Gasteiger partial charge in [-0.2, -0.15) is 0 Å². The highest BCUT2D eigenvalue weighted by molar-refractivity contribution is 8.45. The number of phosphoric ester groups is 1. The van der Waals surface area contributed by atoms with E-state index in [2.05, 4.69) is 10.1 Å². The summed E-state index contributed by atoms with van der Waals surface area (Å²) in [6.45, 7) is 2.74. The van der Waals surface area contributed by atoms with Crippen LogP contribution in [0.2, 0.25) is 0 Å². The van der Waals surface area contributed by atoms with Crippen molar-refractivity contribution in [1.29, 1.82) is 0 Å². The Morgan fingerprint density at radius 3 is 2.29 bits per heavy atom. The van der Waals surface area contributed by atoms with E-state index in [-0.39, 0.29) is 31.7 Å². The molecule has 0 aliphatic carbocycles. The molecule has 0 spiro atoms. The first-order chi connectivity index (χ1) is 13.8. The fourth-order valence-corrected chi connectivity index (χ4v) is 4.76. The van der Waals surface area contributed by atoms with E-state index in [1.54, 1.807) is 13.8 Å². The molecule has 1 unspecified atom stereocenters. The lowest BCUT2D eigenvalue weighted by Gasteiger charge is -2.40. The van der Waals surface area contributed by atoms with Crippen molar-refractivity contribution in [3.63, 3.8) is 0 Å². The van der Waals surface area contributed by atoms with Crippen LogP contribution in [0.25, 0.3) is 0 Å². The van der Waals surface area contributed by atoms with Gasteiger partial charge in [-0.15, -0.1) is 0 Å². The first kappa shape index (κ1) is 25.4. The van der Waals surface area contributed by atoms with Gasteiger partial charge in [-0.3, -0.25) is 18.6 Å². The van der Waals surface area contributed by atoms with Crippen LogP contribution in [-0.2, 0) is 27.9 Å². The maximum absolute atomic E-state index is 12.8. The Balaban J connectivity index is 2.12. The second kappa shape index (κ2) is 7.61. The summed E-state index contributed by atoms with van der Waals surface area (Å²) >= 11 is 0. The molecular formula is C16H21F5NO7PS. The topological polar surface area (TPSA) is 100 Å². The minimum atomic E-state index is -9.88. The molecule has 0 saturated carbocycles. The number of amides is 1. The molecule has 1 aliphatic heterocycles. The number of phosphoric acid groups is 1. The smallest absolute Gasteiger partial charge is 0.469 e. The number of carbonyl (C=O) groups is 2. The van der Waals surface area contributed by atoms with Gasteiger partial charge in [0.2, 0.25) is 0 Å². The predicted octanol–water partition coefficient (Wildman–Crippen LogP) is 4.95. The van der Waals surface area contributed by atoms with E-state index in [4.69, 9.17) is 13.6 Å². The minimum absolute atomic E-state index is 0.0773. The summed E-state index contributed by atoms with van der Waals surface area (Å²) in [6, 6.07) is 1.22. The lowest BCUT2D eigenvalue weighted by Crippen LogP contribution is -2.50. The molecule has 1 aromatic carbocycles. The summed E-state index contributed by atoms with van der Waals surface area (Å²) < 4.78 is 96.4. The van der Waals surface area contributed by atoms with Gasteiger partial charge in [0.1, 0.15) is 10.6 Å². The van der Waals surface area contributed by atoms with Crippen LogP contribution in [0.3, 0.4) is 0 Å². The third-order valence-corrected chi connectivity index (χ3v) is 6.63. The summed E-state index contributed by atoms with van der Waals surface area (Å²) in [4.78, 5) is 21.4. The molecule has 1 fully saturated rings. The maximum atomic E-state index is 12.8. The largest absolute Gasteiger partial charge is 0.530 e. The number of rotatable bonds is 7. The van der Waals surface area contributed by atoms with Crippen LogP contribution >= 0.6 is 18.0 Å². The van der Waals surface area contributed by atoms with Crippen LogP contribution in [0, 0.1) is 5.41 Å². The molecule has 1 aromatic rings. The quantitative estimate of drug-likeness (QED) is 0.323. The average Bonchev–Trinajstić information content (AvgIpc) is 2.62. The van der Waals surface area contributed by atoms with E-state index in [1.807, 2.05) is 0 Å². The molecule has 8 nitrogen and oxygen atoms in total. The number of carbonyl (C=O) groups excluding carboxylic acids is 2. The maximum Gasteiger partial charge on any atom is 0.530 e. The first-order valence-electron chi connectivity index (χ1n) is 8.66. The third kappa shape index (κ3) is 6.79. The highest BCUT2D eigenvalue weighted by Crippen LogP contribution is 3.02. The Morgan fingerprint density at radius 2 is 1.77 bits per heavy atom. The van der Waals surface area contributed by atoms with Crippen LogP contribution in [0.15, 0.2) is 29.2 Å². The highest BCUT2D eigenvalue weighted by atomic mass is 32.5. The Bertz CT molecular complexity index is 908. The molecule has 1 aliphatic rings. The second-order valence-corrected chi connectivity index (χ2v) is 11.3. The monoisotopic (exact) mass is 497 g/mol. The zero-order chi connectivity index (χ0) is 23.8. The number of hydrogen-bond donors (Lipinski definition) is 1. The summed E-state index contributed by atoms with van der Waals surface area (Å²) in [5.74, 6) is -1.81. The zero-order valence-corrected chi connectivity index (χ0v) is 18.3. The van der Waals surface area contributed by atoms with Gasteiger partial charge in [0.25, 0.3) is 5.91 Å². The molecule has 1 heterocycles. The number of esters is 1. The van der Waals surface area contributed by atoms with Crippen LogP contribution in [0.1, 0.15) is 20.3 Å². The third-order valence-electron chi connectivity index (χ3n) is 4.12. The Kier molecular flexibility index (Phi) is 6.23. The molecule has 0 radical (unpaired) electrons. The van der Waals surface area contributed by atoms with E-state index in [9.17, 15) is 33.6 Å². The number of benzene rings is 1. The normalized spacial score (nSPS) is 25.6. The second-order valence-electron chi connectivity index (χ2n) is 7.34. The fraction of sp³-hybridized carbons (Fsp3) is 0.500. The molecule has 1 amide bonds. The fourth-order valence-electron chi connectivity index (χ4n) is 2.44. The number of methoxy groups -OCH3 is 1. The van der Waals surface area contributed by atoms with Crippen molar-refractivity contribution in [3.8, 4) is 5.75 Å². The molecule has 0 bridgehead atoms. The first-order valence-corrected chi connectivity index (χ1v) is 12.1. The van der Waals surface area contributed by atoms with Crippen molar-refractivity contribution in [2.75, 3.05) is 20.3 Å². The SMILES string of the molecule is COC(=O)CCNC(=O)[C@@H]1OP(=O)(Oc2ccc(S(F)(F)(F)(F)F)cc2)OCC1(C)C. The summed E-state index contributed by atoms with van der Waals surface area (Å²) in [7, 11) is -13.2. The van der Waals surface area contributed by atoms with Gasteiger partial charge < -0.3 is 14.6 Å². The molecule has 0 aromatic heterocycles. The number of halogens is 5. The van der Waals surface area contributed by atoms with E-state index in [1.165, 1.54) is 7.11 Å². The van der Waals surface area contributed by atoms with Gasteiger partial charge in [-0.25, -0.2) is 4.57 Å². The molecule has 15 heteroatoms. The number of nitrogens with one attached hydrogen (secondary N) is 1. The van der Waals surface area contributed by atoms with Crippen molar-refractivity contribution < 1.29 is 51.9 Å². The standard InChI is InChI=1S/C16H21F5NO7PS/c1-16(2)10-27-30(25,29-14(16)15(24)22-9-8-13(23)26-3)28-11-4-6-12(7-5-11)31(17,18,19,20)21/h4-7,14H,8-10H2,1-3H3,(H,22,24)/t14-,30?/m0/s1. The lowest BCUT2D eigenvalue weighted by molar-refractivity contribution is -0.142. The average molecular weight is 497 g/mol.